The van der Waals surface area contributed by atoms with Crippen LogP contribution < -0.4 is 5.32 Å². The molecule has 2 rings (SSSR count). The van der Waals surface area contributed by atoms with Crippen LogP contribution in [0.2, 0.25) is 0 Å². The van der Waals surface area contributed by atoms with E-state index in [2.05, 4.69) is 15.0 Å². The summed E-state index contributed by atoms with van der Waals surface area (Å²) in [5.41, 5.74) is 0.802. The van der Waals surface area contributed by atoms with E-state index in [-0.39, 0.29) is 41.7 Å². The second-order valence-electron chi connectivity index (χ2n) is 6.12. The Morgan fingerprint density at radius 3 is 2.52 bits per heavy atom. The Morgan fingerprint density at radius 2 is 1.96 bits per heavy atom. The van der Waals surface area contributed by atoms with Gasteiger partial charge in [0.1, 0.15) is 11.4 Å². The Hall–Kier alpha value is -2.05. The molecular weight excluding hydrogens is 320 g/mol. The van der Waals surface area contributed by atoms with Gasteiger partial charge >= 0.3 is 5.97 Å². The molecule has 0 aliphatic rings. The number of rotatable bonds is 4. The zero-order valence-corrected chi connectivity index (χ0v) is 14.3. The van der Waals surface area contributed by atoms with Crippen molar-refractivity contribution in [1.82, 2.24) is 10.3 Å². The molecule has 3 N–H and O–H groups in total. The van der Waals surface area contributed by atoms with Gasteiger partial charge in [-0.25, -0.2) is 4.79 Å². The summed E-state index contributed by atoms with van der Waals surface area (Å²) in [5, 5.41) is 13.5. The highest BCUT2D eigenvalue weighted by molar-refractivity contribution is 6.11. The average molecular weight is 341 g/mol. The maximum absolute atomic E-state index is 12.4. The number of H-pyrrole nitrogens is 1. The van der Waals surface area contributed by atoms with Gasteiger partial charge in [-0.15, -0.1) is 12.4 Å². The number of ketones is 1. The summed E-state index contributed by atoms with van der Waals surface area (Å²) in [6.07, 6.45) is 0. The molecule has 0 fully saturated rings. The number of phenolic OH excluding ortho intramolecular Hbond substituents is 1. The number of benzene rings is 1. The number of phenols is 1. The third-order valence-electron chi connectivity index (χ3n) is 3.26. The predicted octanol–water partition coefficient (Wildman–Crippen LogP) is 2.65. The first-order valence-corrected chi connectivity index (χ1v) is 6.94. The van der Waals surface area contributed by atoms with E-state index in [0.29, 0.717) is 16.5 Å². The van der Waals surface area contributed by atoms with Gasteiger partial charge in [-0.1, -0.05) is 0 Å². The van der Waals surface area contributed by atoms with Crippen LogP contribution in [0.15, 0.2) is 18.2 Å². The number of aromatic amines is 1. The van der Waals surface area contributed by atoms with Gasteiger partial charge in [-0.3, -0.25) is 4.79 Å². The first kappa shape index (κ1) is 19.0. The smallest absolute Gasteiger partial charge is 0.354 e. The van der Waals surface area contributed by atoms with Crippen LogP contribution in [0.25, 0.3) is 10.9 Å². The molecule has 23 heavy (non-hydrogen) atoms. The highest BCUT2D eigenvalue weighted by Crippen LogP contribution is 2.28. The molecule has 1 heterocycles. The summed E-state index contributed by atoms with van der Waals surface area (Å²) >= 11 is 0. The van der Waals surface area contributed by atoms with Crippen LogP contribution in [-0.2, 0) is 4.74 Å². The van der Waals surface area contributed by atoms with Crippen LogP contribution in [0.4, 0.5) is 0 Å². The lowest BCUT2D eigenvalue weighted by Gasteiger charge is -2.20. The van der Waals surface area contributed by atoms with Crippen molar-refractivity contribution < 1.29 is 19.4 Å². The van der Waals surface area contributed by atoms with Gasteiger partial charge in [-0.05, 0) is 39.0 Å². The normalized spacial score (nSPS) is 11.1. The predicted molar refractivity (Wildman–Crippen MR) is 90.6 cm³/mol. The fraction of sp³-hybridized carbons (Fsp3) is 0.375. The molecule has 7 heteroatoms. The third kappa shape index (κ3) is 4.24. The Kier molecular flexibility index (Phi) is 5.80. The quantitative estimate of drug-likeness (QED) is 0.588. The van der Waals surface area contributed by atoms with Crippen molar-refractivity contribution in [2.75, 3.05) is 13.7 Å². The SMILES string of the molecule is COC(=O)c1cc2c(C(=O)CNC(C)(C)C)ccc(O)c2[nH]1.Cl. The number of carbonyl (C=O) groups excluding carboxylic acids is 2. The number of aromatic nitrogens is 1. The van der Waals surface area contributed by atoms with Gasteiger partial charge in [0.2, 0.25) is 0 Å². The number of methoxy groups -OCH3 is 1. The molecule has 0 radical (unpaired) electrons. The molecule has 1 aromatic heterocycles. The molecule has 0 aliphatic carbocycles. The molecule has 0 atom stereocenters. The van der Waals surface area contributed by atoms with E-state index in [1.807, 2.05) is 20.8 Å². The van der Waals surface area contributed by atoms with Crippen molar-refractivity contribution in [3.05, 3.63) is 29.5 Å². The standard InChI is InChI=1S/C16H20N2O4.ClH/c1-16(2,3)17-8-13(20)9-5-6-12(19)14-10(9)7-11(18-14)15(21)22-4;/h5-7,17-19H,8H2,1-4H3;1H. The van der Waals surface area contributed by atoms with Crippen LogP contribution in [-0.4, -0.2) is 41.0 Å². The summed E-state index contributed by atoms with van der Waals surface area (Å²) in [7, 11) is 1.27. The average Bonchev–Trinajstić information content (AvgIpc) is 2.89. The van der Waals surface area contributed by atoms with E-state index >= 15 is 0 Å². The van der Waals surface area contributed by atoms with Crippen molar-refractivity contribution in [2.45, 2.75) is 26.3 Å². The number of aromatic hydroxyl groups is 1. The third-order valence-corrected chi connectivity index (χ3v) is 3.26. The fourth-order valence-electron chi connectivity index (χ4n) is 2.11. The minimum atomic E-state index is -0.554. The number of fused-ring (bicyclic) bond motifs is 1. The lowest BCUT2D eigenvalue weighted by molar-refractivity contribution is 0.0595. The van der Waals surface area contributed by atoms with E-state index in [9.17, 15) is 14.7 Å². The molecule has 0 bridgehead atoms. The minimum absolute atomic E-state index is 0. The number of halogens is 1. The maximum atomic E-state index is 12.4. The molecule has 0 aliphatic heterocycles. The van der Waals surface area contributed by atoms with Crippen molar-refractivity contribution in [3.63, 3.8) is 0 Å². The van der Waals surface area contributed by atoms with Gasteiger partial charge in [0.15, 0.2) is 5.78 Å². The van der Waals surface area contributed by atoms with E-state index in [1.165, 1.54) is 19.2 Å². The van der Waals surface area contributed by atoms with Crippen molar-refractivity contribution in [2.24, 2.45) is 0 Å². The molecule has 0 saturated carbocycles. The fourth-order valence-corrected chi connectivity index (χ4v) is 2.11. The second kappa shape index (κ2) is 7.02. The Labute approximate surface area is 140 Å². The van der Waals surface area contributed by atoms with Crippen LogP contribution in [0, 0.1) is 0 Å². The highest BCUT2D eigenvalue weighted by atomic mass is 35.5. The minimum Gasteiger partial charge on any atom is -0.506 e. The molecule has 126 valence electrons. The second-order valence-corrected chi connectivity index (χ2v) is 6.12. The van der Waals surface area contributed by atoms with Gasteiger partial charge in [0, 0.05) is 16.5 Å². The van der Waals surface area contributed by atoms with Crippen molar-refractivity contribution in [3.8, 4) is 5.75 Å². The molecular formula is C16H21ClN2O4. The summed E-state index contributed by atoms with van der Waals surface area (Å²) in [6, 6.07) is 4.51. The Morgan fingerprint density at radius 1 is 1.30 bits per heavy atom. The Balaban J connectivity index is 0.00000264. The van der Waals surface area contributed by atoms with Crippen LogP contribution in [0.1, 0.15) is 41.6 Å². The van der Waals surface area contributed by atoms with E-state index < -0.39 is 5.97 Å². The summed E-state index contributed by atoms with van der Waals surface area (Å²) in [4.78, 5) is 26.8. The summed E-state index contributed by atoms with van der Waals surface area (Å²) in [6.45, 7) is 6.08. The number of hydrogen-bond donors (Lipinski definition) is 3. The number of ether oxygens (including phenoxy) is 1. The molecule has 1 aromatic carbocycles. The number of hydrogen-bond acceptors (Lipinski definition) is 5. The number of Topliss-reactive ketones (excluding diaryl/α,β-unsaturated/α-hetero) is 1. The van der Waals surface area contributed by atoms with Gasteiger partial charge in [-0.2, -0.15) is 0 Å². The van der Waals surface area contributed by atoms with E-state index in [0.717, 1.165) is 0 Å². The van der Waals surface area contributed by atoms with Crippen LogP contribution in [0.3, 0.4) is 0 Å². The zero-order valence-electron chi connectivity index (χ0n) is 13.5. The number of nitrogens with one attached hydrogen (secondary N) is 2. The Bertz CT molecular complexity index is 731. The first-order valence-electron chi connectivity index (χ1n) is 6.94. The van der Waals surface area contributed by atoms with E-state index in [4.69, 9.17) is 0 Å². The molecule has 0 saturated heterocycles. The highest BCUT2D eigenvalue weighted by Gasteiger charge is 2.19. The topological polar surface area (TPSA) is 91.4 Å². The maximum Gasteiger partial charge on any atom is 0.354 e. The van der Waals surface area contributed by atoms with Crippen molar-refractivity contribution in [1.29, 1.82) is 0 Å². The molecule has 0 amide bonds. The number of carbonyl (C=O) groups is 2. The lowest BCUT2D eigenvalue weighted by Crippen LogP contribution is -2.39. The summed E-state index contributed by atoms with van der Waals surface area (Å²) < 4.78 is 4.65. The van der Waals surface area contributed by atoms with Crippen LogP contribution in [0.5, 0.6) is 5.75 Å². The molecule has 2 aromatic rings. The molecule has 0 spiro atoms. The first-order chi connectivity index (χ1) is 10.2. The van der Waals surface area contributed by atoms with Gasteiger partial charge in [0.05, 0.1) is 19.2 Å². The van der Waals surface area contributed by atoms with Gasteiger partial charge in [0.25, 0.3) is 0 Å². The zero-order chi connectivity index (χ0) is 16.5. The van der Waals surface area contributed by atoms with Crippen LogP contribution >= 0.6 is 12.4 Å². The van der Waals surface area contributed by atoms with Crippen molar-refractivity contribution >= 4 is 35.1 Å². The molecule has 0 unspecified atom stereocenters. The molecule has 6 nitrogen and oxygen atoms in total. The summed E-state index contributed by atoms with van der Waals surface area (Å²) in [5.74, 6) is -0.692. The largest absolute Gasteiger partial charge is 0.506 e. The number of esters is 1. The van der Waals surface area contributed by atoms with Gasteiger partial charge < -0.3 is 20.1 Å². The lowest BCUT2D eigenvalue weighted by atomic mass is 10.0. The van der Waals surface area contributed by atoms with E-state index in [1.54, 1.807) is 6.07 Å². The monoisotopic (exact) mass is 340 g/mol.